The van der Waals surface area contributed by atoms with Crippen molar-refractivity contribution in [1.82, 2.24) is 9.80 Å². The van der Waals surface area contributed by atoms with Gasteiger partial charge >= 0.3 is 0 Å². The van der Waals surface area contributed by atoms with Gasteiger partial charge in [0.1, 0.15) is 11.6 Å². The van der Waals surface area contributed by atoms with Crippen LogP contribution < -0.4 is 5.32 Å². The van der Waals surface area contributed by atoms with Crippen molar-refractivity contribution in [1.29, 1.82) is 5.26 Å². The number of halogens is 1. The van der Waals surface area contributed by atoms with E-state index < -0.39 is 0 Å². The zero-order valence-corrected chi connectivity index (χ0v) is 14.9. The Balaban J connectivity index is 2.07. The largest absolute Gasteiger partial charge is 0.360 e. The van der Waals surface area contributed by atoms with E-state index in [0.717, 1.165) is 27.9 Å². The van der Waals surface area contributed by atoms with E-state index in [2.05, 4.69) is 32.8 Å². The predicted octanol–water partition coefficient (Wildman–Crippen LogP) is 2.19. The first-order chi connectivity index (χ1) is 10.5. The molecule has 1 aromatic rings. The lowest BCUT2D eigenvalue weighted by Gasteiger charge is -2.32. The Kier molecular flexibility index (Phi) is 5.80. The van der Waals surface area contributed by atoms with Crippen LogP contribution in [0.1, 0.15) is 5.56 Å². The van der Waals surface area contributed by atoms with Crippen LogP contribution in [0.4, 0.5) is 5.69 Å². The van der Waals surface area contributed by atoms with Gasteiger partial charge in [-0.05, 0) is 60.3 Å². The number of aryl methyl sites for hydroxylation is 1. The lowest BCUT2D eigenvalue weighted by Crippen LogP contribution is -2.47. The fourth-order valence-electron chi connectivity index (χ4n) is 2.26. The fraction of sp³-hybridized carbons (Fsp3) is 0.375. The molecule has 22 heavy (non-hydrogen) atoms. The molecule has 1 heterocycles. The molecule has 0 radical (unpaired) electrons. The molecule has 0 aliphatic carbocycles. The molecule has 1 N–H and O–H groups in total. The Labute approximate surface area is 144 Å². The lowest BCUT2D eigenvalue weighted by molar-refractivity contribution is -0.128. The van der Waals surface area contributed by atoms with Crippen LogP contribution in [0, 0.1) is 21.8 Å². The molecule has 2 rings (SSSR count). The fourth-order valence-corrected chi connectivity index (χ4v) is 2.91. The summed E-state index contributed by atoms with van der Waals surface area (Å²) in [5.41, 5.74) is 2.12. The minimum Gasteiger partial charge on any atom is -0.360 e. The standard InChI is InChI=1S/C16H19IN4O/c1-12-9-14(17)3-4-15(12)19-11-13(10-18)16(22)21-7-5-20(2)6-8-21/h3-4,9,11,19H,5-8H2,1-2H3/b13-11-. The number of piperazine rings is 1. The van der Waals surface area contributed by atoms with E-state index in [1.807, 2.05) is 38.2 Å². The Hall–Kier alpha value is -1.59. The highest BCUT2D eigenvalue weighted by atomic mass is 127. The van der Waals surface area contributed by atoms with Crippen molar-refractivity contribution in [3.05, 3.63) is 39.1 Å². The molecular weight excluding hydrogens is 391 g/mol. The summed E-state index contributed by atoms with van der Waals surface area (Å²) >= 11 is 2.25. The predicted molar refractivity (Wildman–Crippen MR) is 95.3 cm³/mol. The normalized spacial score (nSPS) is 16.3. The van der Waals surface area contributed by atoms with E-state index >= 15 is 0 Å². The molecule has 0 saturated carbocycles. The number of amides is 1. The molecule has 6 heteroatoms. The molecule has 1 aliphatic heterocycles. The zero-order chi connectivity index (χ0) is 16.1. The number of nitriles is 1. The third kappa shape index (κ3) is 4.21. The molecule has 1 amide bonds. The van der Waals surface area contributed by atoms with Gasteiger partial charge in [-0.2, -0.15) is 5.26 Å². The molecule has 0 aromatic heterocycles. The van der Waals surface area contributed by atoms with Crippen molar-refractivity contribution in [2.24, 2.45) is 0 Å². The molecule has 1 aromatic carbocycles. The first kappa shape index (κ1) is 16.8. The molecule has 1 fully saturated rings. The molecular formula is C16H19IN4O. The number of nitrogens with zero attached hydrogens (tertiary/aromatic N) is 3. The second-order valence-electron chi connectivity index (χ2n) is 5.37. The summed E-state index contributed by atoms with van der Waals surface area (Å²) < 4.78 is 1.15. The number of hydrogen-bond donors (Lipinski definition) is 1. The number of rotatable bonds is 3. The number of likely N-dealkylation sites (N-methyl/N-ethyl adjacent to an activating group) is 1. The van der Waals surface area contributed by atoms with Crippen LogP contribution in [0.2, 0.25) is 0 Å². The van der Waals surface area contributed by atoms with E-state index in [0.29, 0.717) is 13.1 Å². The van der Waals surface area contributed by atoms with Crippen LogP contribution in [0.25, 0.3) is 0 Å². The van der Waals surface area contributed by atoms with Gasteiger partial charge < -0.3 is 15.1 Å². The first-order valence-electron chi connectivity index (χ1n) is 7.12. The van der Waals surface area contributed by atoms with E-state index in [1.54, 1.807) is 4.90 Å². The van der Waals surface area contributed by atoms with Gasteiger partial charge in [0.2, 0.25) is 0 Å². The summed E-state index contributed by atoms with van der Waals surface area (Å²) in [6.07, 6.45) is 1.51. The minimum atomic E-state index is -0.203. The maximum Gasteiger partial charge on any atom is 0.266 e. The number of hydrogen-bond acceptors (Lipinski definition) is 4. The quantitative estimate of drug-likeness (QED) is 0.472. The smallest absolute Gasteiger partial charge is 0.266 e. The van der Waals surface area contributed by atoms with Gasteiger partial charge in [-0.15, -0.1) is 0 Å². The third-order valence-electron chi connectivity index (χ3n) is 3.70. The van der Waals surface area contributed by atoms with Gasteiger partial charge in [0, 0.05) is 41.6 Å². The first-order valence-corrected chi connectivity index (χ1v) is 8.20. The maximum absolute atomic E-state index is 12.4. The highest BCUT2D eigenvalue weighted by Gasteiger charge is 2.22. The zero-order valence-electron chi connectivity index (χ0n) is 12.8. The maximum atomic E-state index is 12.4. The number of anilines is 1. The Bertz CT molecular complexity index is 628. The summed E-state index contributed by atoms with van der Waals surface area (Å²) in [6, 6.07) is 7.98. The monoisotopic (exact) mass is 410 g/mol. The topological polar surface area (TPSA) is 59.4 Å². The van der Waals surface area contributed by atoms with Crippen molar-refractivity contribution < 1.29 is 4.79 Å². The highest BCUT2D eigenvalue weighted by molar-refractivity contribution is 14.1. The van der Waals surface area contributed by atoms with E-state index in [-0.39, 0.29) is 11.5 Å². The summed E-state index contributed by atoms with van der Waals surface area (Å²) in [4.78, 5) is 16.3. The molecule has 5 nitrogen and oxygen atoms in total. The molecule has 116 valence electrons. The van der Waals surface area contributed by atoms with E-state index in [1.165, 1.54) is 6.20 Å². The van der Waals surface area contributed by atoms with Gasteiger partial charge in [0.15, 0.2) is 0 Å². The molecule has 1 aliphatic rings. The van der Waals surface area contributed by atoms with Crippen LogP contribution in [0.15, 0.2) is 30.0 Å². The van der Waals surface area contributed by atoms with Gasteiger partial charge in [0.05, 0.1) is 0 Å². The number of nitrogens with one attached hydrogen (secondary N) is 1. The van der Waals surface area contributed by atoms with Gasteiger partial charge in [-0.25, -0.2) is 0 Å². The van der Waals surface area contributed by atoms with E-state index in [9.17, 15) is 10.1 Å². The minimum absolute atomic E-state index is 0.141. The average Bonchev–Trinajstić information content (AvgIpc) is 2.50. The van der Waals surface area contributed by atoms with Gasteiger partial charge in [-0.1, -0.05) is 0 Å². The third-order valence-corrected chi connectivity index (χ3v) is 4.37. The molecule has 1 saturated heterocycles. The van der Waals surface area contributed by atoms with Crippen LogP contribution in [0.3, 0.4) is 0 Å². The molecule has 0 atom stereocenters. The second-order valence-corrected chi connectivity index (χ2v) is 6.61. The summed E-state index contributed by atoms with van der Waals surface area (Å²) in [5.74, 6) is -0.203. The number of benzene rings is 1. The highest BCUT2D eigenvalue weighted by Crippen LogP contribution is 2.18. The Morgan fingerprint density at radius 2 is 2.05 bits per heavy atom. The van der Waals surface area contributed by atoms with Gasteiger partial charge in [-0.3, -0.25) is 4.79 Å². The Morgan fingerprint density at radius 1 is 1.36 bits per heavy atom. The van der Waals surface area contributed by atoms with Crippen molar-refractivity contribution in [2.45, 2.75) is 6.92 Å². The molecule has 0 unspecified atom stereocenters. The number of carbonyl (C=O) groups excluding carboxylic acids is 1. The van der Waals surface area contributed by atoms with Crippen LogP contribution >= 0.6 is 22.6 Å². The van der Waals surface area contributed by atoms with Crippen molar-refractivity contribution in [2.75, 3.05) is 38.5 Å². The van der Waals surface area contributed by atoms with Crippen molar-refractivity contribution >= 4 is 34.2 Å². The summed E-state index contributed by atoms with van der Waals surface area (Å²) in [6.45, 7) is 5.00. The molecule has 0 bridgehead atoms. The van der Waals surface area contributed by atoms with Crippen LogP contribution in [-0.4, -0.2) is 48.9 Å². The lowest BCUT2D eigenvalue weighted by atomic mass is 10.2. The Morgan fingerprint density at radius 3 is 2.64 bits per heavy atom. The SMILES string of the molecule is Cc1cc(I)ccc1N/C=C(/C#N)C(=O)N1CCN(C)CC1. The van der Waals surface area contributed by atoms with E-state index in [4.69, 9.17) is 0 Å². The molecule has 0 spiro atoms. The summed E-state index contributed by atoms with van der Waals surface area (Å²) in [7, 11) is 2.03. The van der Waals surface area contributed by atoms with Crippen LogP contribution in [0.5, 0.6) is 0 Å². The average molecular weight is 410 g/mol. The van der Waals surface area contributed by atoms with Crippen LogP contribution in [-0.2, 0) is 4.79 Å². The second kappa shape index (κ2) is 7.61. The van der Waals surface area contributed by atoms with Crippen molar-refractivity contribution in [3.63, 3.8) is 0 Å². The summed E-state index contributed by atoms with van der Waals surface area (Å²) in [5, 5.41) is 12.3. The number of carbonyl (C=O) groups is 1. The van der Waals surface area contributed by atoms with Crippen molar-refractivity contribution in [3.8, 4) is 6.07 Å². The van der Waals surface area contributed by atoms with Gasteiger partial charge in [0.25, 0.3) is 5.91 Å².